The van der Waals surface area contributed by atoms with Gasteiger partial charge in [0.05, 0.1) is 11.1 Å². The van der Waals surface area contributed by atoms with E-state index >= 15 is 0 Å². The summed E-state index contributed by atoms with van der Waals surface area (Å²) >= 11 is 1.70. The molecular formula is C35H21F6I. The van der Waals surface area contributed by atoms with Crippen LogP contribution in [0.3, 0.4) is 0 Å². The second-order valence-electron chi connectivity index (χ2n) is 10.1. The molecule has 0 aliphatic carbocycles. The van der Waals surface area contributed by atoms with Gasteiger partial charge in [-0.3, -0.25) is 0 Å². The van der Waals surface area contributed by atoms with Gasteiger partial charge < -0.3 is 0 Å². The van der Waals surface area contributed by atoms with Crippen LogP contribution in [0.5, 0.6) is 0 Å². The van der Waals surface area contributed by atoms with Gasteiger partial charge in [-0.1, -0.05) is 91.0 Å². The lowest BCUT2D eigenvalue weighted by Crippen LogP contribution is -2.07. The zero-order chi connectivity index (χ0) is 29.8. The molecule has 0 heterocycles. The number of fused-ring (bicyclic) bond motifs is 2. The van der Waals surface area contributed by atoms with Crippen LogP contribution in [0.1, 0.15) is 16.7 Å². The number of rotatable bonds is 3. The van der Waals surface area contributed by atoms with Crippen molar-refractivity contribution >= 4 is 44.1 Å². The molecule has 6 rings (SSSR count). The predicted octanol–water partition coefficient (Wildman–Crippen LogP) is 11.9. The Labute approximate surface area is 251 Å². The average Bonchev–Trinajstić information content (AvgIpc) is 2.96. The molecule has 0 bridgehead atoms. The molecule has 0 atom stereocenters. The summed E-state index contributed by atoms with van der Waals surface area (Å²) in [5.74, 6) is 0. The van der Waals surface area contributed by atoms with Gasteiger partial charge in [-0.25, -0.2) is 0 Å². The Morgan fingerprint density at radius 1 is 0.452 bits per heavy atom. The minimum absolute atomic E-state index is 0.132. The molecular weight excluding hydrogens is 661 g/mol. The molecule has 0 aliphatic heterocycles. The highest BCUT2D eigenvalue weighted by Gasteiger charge is 2.34. The summed E-state index contributed by atoms with van der Waals surface area (Å²) in [5, 5.41) is 3.31. The second kappa shape index (κ2) is 10.5. The summed E-state index contributed by atoms with van der Waals surface area (Å²) in [4.78, 5) is 0. The predicted molar refractivity (Wildman–Crippen MR) is 165 cm³/mol. The van der Waals surface area contributed by atoms with Crippen LogP contribution in [0.15, 0.2) is 109 Å². The largest absolute Gasteiger partial charge is 0.417 e. The van der Waals surface area contributed by atoms with Gasteiger partial charge >= 0.3 is 12.4 Å². The molecule has 0 nitrogen and oxygen atoms in total. The van der Waals surface area contributed by atoms with E-state index in [0.29, 0.717) is 22.3 Å². The van der Waals surface area contributed by atoms with Crippen LogP contribution in [0.2, 0.25) is 0 Å². The average molecular weight is 682 g/mol. The van der Waals surface area contributed by atoms with Crippen molar-refractivity contribution in [2.24, 2.45) is 0 Å². The fourth-order valence-electron chi connectivity index (χ4n) is 5.58. The van der Waals surface area contributed by atoms with Crippen molar-refractivity contribution < 1.29 is 26.3 Å². The lowest BCUT2D eigenvalue weighted by atomic mass is 9.87. The number of halogens is 7. The highest BCUT2D eigenvalue weighted by Crippen LogP contribution is 2.43. The minimum Gasteiger partial charge on any atom is -0.166 e. The van der Waals surface area contributed by atoms with Crippen LogP contribution in [0, 0.1) is 10.5 Å². The van der Waals surface area contributed by atoms with Crippen LogP contribution in [-0.2, 0) is 12.4 Å². The number of benzene rings is 6. The summed E-state index contributed by atoms with van der Waals surface area (Å²) in [7, 11) is 0. The summed E-state index contributed by atoms with van der Waals surface area (Å²) in [6.45, 7) is 1.45. The fraction of sp³-hybridized carbons (Fsp3) is 0.0857. The zero-order valence-electron chi connectivity index (χ0n) is 22.0. The third-order valence-corrected chi connectivity index (χ3v) is 8.52. The standard InChI is InChI=1S/C35H21F6I/c1-20-10-11-21(18-31(20)34(36,37)38)23-13-15-29(27-8-4-2-6-25(23)27)30-16-14-24(26-7-3-5-9-28(26)30)22-12-17-33(42)32(19-22)35(39,40)41/h2-19H,1H3. The van der Waals surface area contributed by atoms with Crippen LogP contribution in [0.25, 0.3) is 54.9 Å². The monoisotopic (exact) mass is 682 g/mol. The first-order valence-electron chi connectivity index (χ1n) is 13.0. The molecule has 6 aromatic rings. The summed E-state index contributed by atoms with van der Waals surface area (Å²) in [5.41, 5.74) is 2.85. The third-order valence-electron chi connectivity index (χ3n) is 7.58. The Bertz CT molecular complexity index is 1840. The van der Waals surface area contributed by atoms with E-state index in [0.717, 1.165) is 32.7 Å². The van der Waals surface area contributed by atoms with Crippen LogP contribution in [-0.4, -0.2) is 0 Å². The van der Waals surface area contributed by atoms with E-state index in [4.69, 9.17) is 0 Å². The lowest BCUT2D eigenvalue weighted by Gasteiger charge is -2.17. The van der Waals surface area contributed by atoms with Gasteiger partial charge in [0.2, 0.25) is 0 Å². The van der Waals surface area contributed by atoms with Crippen LogP contribution in [0.4, 0.5) is 26.3 Å². The van der Waals surface area contributed by atoms with Gasteiger partial charge in [0.1, 0.15) is 0 Å². The molecule has 0 fully saturated rings. The van der Waals surface area contributed by atoms with Crippen molar-refractivity contribution in [2.75, 3.05) is 0 Å². The molecule has 42 heavy (non-hydrogen) atoms. The van der Waals surface area contributed by atoms with Gasteiger partial charge in [0.25, 0.3) is 0 Å². The molecule has 210 valence electrons. The highest BCUT2D eigenvalue weighted by atomic mass is 127. The van der Waals surface area contributed by atoms with Crippen molar-refractivity contribution in [3.8, 4) is 33.4 Å². The Morgan fingerprint density at radius 2 is 0.833 bits per heavy atom. The van der Waals surface area contributed by atoms with Gasteiger partial charge in [-0.15, -0.1) is 0 Å². The van der Waals surface area contributed by atoms with E-state index in [9.17, 15) is 26.3 Å². The number of hydrogen-bond donors (Lipinski definition) is 0. The second-order valence-corrected chi connectivity index (χ2v) is 11.3. The summed E-state index contributed by atoms with van der Waals surface area (Å²) in [6.07, 6.45) is -8.93. The number of alkyl halides is 6. The highest BCUT2D eigenvalue weighted by molar-refractivity contribution is 14.1. The van der Waals surface area contributed by atoms with E-state index in [1.54, 1.807) is 34.7 Å². The van der Waals surface area contributed by atoms with E-state index in [2.05, 4.69) is 0 Å². The molecule has 0 aliphatic rings. The topological polar surface area (TPSA) is 0 Å². The molecule has 0 N–H and O–H groups in total. The maximum absolute atomic E-state index is 13.7. The van der Waals surface area contributed by atoms with E-state index in [1.807, 2.05) is 72.8 Å². The Hall–Kier alpha value is -3.85. The SMILES string of the molecule is Cc1ccc(-c2ccc(-c3ccc(-c4ccc(I)c(C(F)(F)F)c4)c4ccccc34)c3ccccc23)cc1C(F)(F)F. The normalized spacial score (nSPS) is 12.3. The van der Waals surface area contributed by atoms with Crippen LogP contribution >= 0.6 is 22.6 Å². The van der Waals surface area contributed by atoms with Crippen molar-refractivity contribution in [1.82, 2.24) is 0 Å². The molecule has 0 radical (unpaired) electrons. The van der Waals surface area contributed by atoms with Crippen molar-refractivity contribution in [3.05, 3.63) is 129 Å². The number of aryl methyl sites for hydroxylation is 1. The van der Waals surface area contributed by atoms with Crippen molar-refractivity contribution in [3.63, 3.8) is 0 Å². The molecule has 0 aromatic heterocycles. The van der Waals surface area contributed by atoms with Gasteiger partial charge in [0.15, 0.2) is 0 Å². The zero-order valence-corrected chi connectivity index (χ0v) is 24.2. The van der Waals surface area contributed by atoms with Gasteiger partial charge in [-0.05, 0) is 108 Å². The maximum atomic E-state index is 13.7. The van der Waals surface area contributed by atoms with Crippen molar-refractivity contribution in [2.45, 2.75) is 19.3 Å². The molecule has 0 saturated heterocycles. The van der Waals surface area contributed by atoms with E-state index < -0.39 is 23.5 Å². The summed E-state index contributed by atoms with van der Waals surface area (Å²) < 4.78 is 82.3. The maximum Gasteiger partial charge on any atom is 0.417 e. The minimum atomic E-state index is -4.47. The smallest absolute Gasteiger partial charge is 0.166 e. The van der Waals surface area contributed by atoms with Crippen LogP contribution < -0.4 is 0 Å². The Kier molecular flexibility index (Phi) is 7.04. The first-order valence-corrected chi connectivity index (χ1v) is 14.1. The number of hydrogen-bond acceptors (Lipinski definition) is 0. The van der Waals surface area contributed by atoms with Crippen molar-refractivity contribution in [1.29, 1.82) is 0 Å². The van der Waals surface area contributed by atoms with Gasteiger partial charge in [0, 0.05) is 3.57 Å². The summed E-state index contributed by atoms with van der Waals surface area (Å²) in [6, 6.07) is 31.3. The quantitative estimate of drug-likeness (QED) is 0.129. The first-order chi connectivity index (χ1) is 19.9. The molecule has 0 saturated carbocycles. The molecule has 0 spiro atoms. The van der Waals surface area contributed by atoms with Gasteiger partial charge in [-0.2, -0.15) is 26.3 Å². The van der Waals surface area contributed by atoms with E-state index in [1.165, 1.54) is 31.2 Å². The molecule has 6 aromatic carbocycles. The third kappa shape index (κ3) is 5.04. The molecule has 0 unspecified atom stereocenters. The van der Waals surface area contributed by atoms with E-state index in [-0.39, 0.29) is 9.13 Å². The molecule has 0 amide bonds. The fourth-order valence-corrected chi connectivity index (χ4v) is 6.22. The Morgan fingerprint density at radius 3 is 1.29 bits per heavy atom. The molecule has 7 heteroatoms. The Balaban J connectivity index is 1.55. The lowest BCUT2D eigenvalue weighted by molar-refractivity contribution is -0.139. The first kappa shape index (κ1) is 28.3.